The van der Waals surface area contributed by atoms with Gasteiger partial charge in [0.1, 0.15) is 11.3 Å². The van der Waals surface area contributed by atoms with Crippen LogP contribution in [0, 0.1) is 0 Å². The number of aromatic nitrogens is 3. The van der Waals surface area contributed by atoms with Crippen LogP contribution < -0.4 is 0 Å². The molecular formula is C14H20N4O. The summed E-state index contributed by atoms with van der Waals surface area (Å²) in [5.74, 6) is 1.08. The van der Waals surface area contributed by atoms with Crippen LogP contribution >= 0.6 is 0 Å². The van der Waals surface area contributed by atoms with Crippen LogP contribution in [0.5, 0.6) is 0 Å². The van der Waals surface area contributed by atoms with Crippen molar-refractivity contribution in [3.05, 3.63) is 24.2 Å². The number of nitrogens with zero attached hydrogens (tertiary/aromatic N) is 4. The smallest absolute Gasteiger partial charge is 0.161 e. The molecule has 19 heavy (non-hydrogen) atoms. The number of imidazole rings is 1. The minimum atomic E-state index is 0.381. The van der Waals surface area contributed by atoms with Crippen LogP contribution in [0.2, 0.25) is 0 Å². The molecular weight excluding hydrogens is 240 g/mol. The molecule has 5 nitrogen and oxygen atoms in total. The van der Waals surface area contributed by atoms with E-state index in [9.17, 15) is 0 Å². The Labute approximate surface area is 113 Å². The fraction of sp³-hybridized carbons (Fsp3) is 0.571. The van der Waals surface area contributed by atoms with E-state index < -0.39 is 0 Å². The Bertz CT molecular complexity index is 566. The maximum absolute atomic E-state index is 5.20. The Morgan fingerprint density at radius 1 is 1.47 bits per heavy atom. The van der Waals surface area contributed by atoms with Gasteiger partial charge < -0.3 is 4.74 Å². The first-order valence-electron chi connectivity index (χ1n) is 6.82. The number of pyridine rings is 1. The molecule has 5 heteroatoms. The third-order valence-corrected chi connectivity index (χ3v) is 3.83. The fourth-order valence-corrected chi connectivity index (χ4v) is 2.88. The molecule has 1 fully saturated rings. The van der Waals surface area contributed by atoms with E-state index in [1.165, 1.54) is 12.8 Å². The molecule has 1 aliphatic rings. The molecule has 0 amide bonds. The van der Waals surface area contributed by atoms with Crippen molar-refractivity contribution >= 4 is 11.2 Å². The van der Waals surface area contributed by atoms with E-state index in [0.717, 1.165) is 30.0 Å². The summed E-state index contributed by atoms with van der Waals surface area (Å²) in [7, 11) is 3.90. The minimum Gasteiger partial charge on any atom is -0.384 e. The molecule has 0 bridgehead atoms. The molecule has 0 aliphatic carbocycles. The second kappa shape index (κ2) is 5.27. The summed E-state index contributed by atoms with van der Waals surface area (Å²) < 4.78 is 7.49. The van der Waals surface area contributed by atoms with Gasteiger partial charge in [0.25, 0.3) is 0 Å². The maximum Gasteiger partial charge on any atom is 0.161 e. The van der Waals surface area contributed by atoms with Gasteiger partial charge in [-0.3, -0.25) is 9.47 Å². The molecule has 0 aromatic carbocycles. The Morgan fingerprint density at radius 3 is 3.11 bits per heavy atom. The average Bonchev–Trinajstić information content (AvgIpc) is 2.99. The Morgan fingerprint density at radius 2 is 2.37 bits per heavy atom. The predicted molar refractivity (Wildman–Crippen MR) is 74.0 cm³/mol. The summed E-state index contributed by atoms with van der Waals surface area (Å²) in [6, 6.07) is 3.97. The van der Waals surface area contributed by atoms with Gasteiger partial charge in [0.15, 0.2) is 5.65 Å². The lowest BCUT2D eigenvalue weighted by atomic mass is 10.3. The second-order valence-corrected chi connectivity index (χ2v) is 5.09. The van der Waals surface area contributed by atoms with Crippen molar-refractivity contribution in [2.45, 2.75) is 25.4 Å². The first-order valence-corrected chi connectivity index (χ1v) is 6.82. The molecule has 3 rings (SSSR count). The zero-order valence-corrected chi connectivity index (χ0v) is 11.5. The highest BCUT2D eigenvalue weighted by atomic mass is 16.5. The molecule has 0 radical (unpaired) electrons. The number of fused-ring (bicyclic) bond motifs is 1. The summed E-state index contributed by atoms with van der Waals surface area (Å²) in [4.78, 5) is 11.6. The lowest BCUT2D eigenvalue weighted by Crippen LogP contribution is -2.25. The summed E-state index contributed by atoms with van der Waals surface area (Å²) in [5.41, 5.74) is 1.97. The SMILES string of the molecule is COCCc1nc2cccnc2n1C1CCCN1C. The number of hydrogen-bond donors (Lipinski definition) is 0. The van der Waals surface area contributed by atoms with E-state index >= 15 is 0 Å². The number of likely N-dealkylation sites (tertiary alicyclic amines) is 1. The van der Waals surface area contributed by atoms with E-state index in [1.54, 1.807) is 7.11 Å². The van der Waals surface area contributed by atoms with E-state index in [1.807, 2.05) is 18.3 Å². The topological polar surface area (TPSA) is 43.2 Å². The van der Waals surface area contributed by atoms with Gasteiger partial charge in [-0.2, -0.15) is 0 Å². The van der Waals surface area contributed by atoms with Crippen molar-refractivity contribution in [1.82, 2.24) is 19.4 Å². The van der Waals surface area contributed by atoms with Gasteiger partial charge in [0, 0.05) is 19.7 Å². The molecule has 102 valence electrons. The van der Waals surface area contributed by atoms with Crippen molar-refractivity contribution in [2.24, 2.45) is 0 Å². The Kier molecular flexibility index (Phi) is 3.48. The summed E-state index contributed by atoms with van der Waals surface area (Å²) in [6.45, 7) is 1.83. The van der Waals surface area contributed by atoms with E-state index in [2.05, 4.69) is 21.5 Å². The summed E-state index contributed by atoms with van der Waals surface area (Å²) >= 11 is 0. The Hall–Kier alpha value is -1.46. The van der Waals surface area contributed by atoms with Gasteiger partial charge in [-0.15, -0.1) is 0 Å². The lowest BCUT2D eigenvalue weighted by molar-refractivity contribution is 0.193. The zero-order chi connectivity index (χ0) is 13.2. The van der Waals surface area contributed by atoms with Gasteiger partial charge in [-0.25, -0.2) is 9.97 Å². The summed E-state index contributed by atoms with van der Waals surface area (Å²) in [6.07, 6.45) is 5.45. The molecule has 1 unspecified atom stereocenters. The molecule has 0 spiro atoms. The maximum atomic E-state index is 5.20. The highest BCUT2D eigenvalue weighted by Crippen LogP contribution is 2.29. The number of ether oxygens (including phenoxy) is 1. The van der Waals surface area contributed by atoms with Crippen molar-refractivity contribution < 1.29 is 4.74 Å². The van der Waals surface area contributed by atoms with E-state index in [0.29, 0.717) is 12.8 Å². The molecule has 2 aromatic rings. The number of hydrogen-bond acceptors (Lipinski definition) is 4. The number of methoxy groups -OCH3 is 1. The van der Waals surface area contributed by atoms with Crippen LogP contribution in [-0.2, 0) is 11.2 Å². The third-order valence-electron chi connectivity index (χ3n) is 3.83. The number of rotatable bonds is 4. The van der Waals surface area contributed by atoms with Gasteiger partial charge in [0.2, 0.25) is 0 Å². The van der Waals surface area contributed by atoms with Gasteiger partial charge in [-0.1, -0.05) is 0 Å². The van der Waals surface area contributed by atoms with E-state index in [-0.39, 0.29) is 0 Å². The standard InChI is InChI=1S/C14H20N4O/c1-17-9-4-6-13(17)18-12(7-10-19-2)16-11-5-3-8-15-14(11)18/h3,5,8,13H,4,6-7,9-10H2,1-2H3. The molecule has 0 saturated carbocycles. The van der Waals surface area contributed by atoms with Gasteiger partial charge in [0.05, 0.1) is 12.8 Å². The van der Waals surface area contributed by atoms with E-state index in [4.69, 9.17) is 9.72 Å². The predicted octanol–water partition coefficient (Wildman–Crippen LogP) is 1.84. The molecule has 2 aromatic heterocycles. The quantitative estimate of drug-likeness (QED) is 0.841. The van der Waals surface area contributed by atoms with Crippen molar-refractivity contribution in [1.29, 1.82) is 0 Å². The lowest BCUT2D eigenvalue weighted by Gasteiger charge is -2.23. The highest BCUT2D eigenvalue weighted by Gasteiger charge is 2.26. The van der Waals surface area contributed by atoms with Crippen molar-refractivity contribution in [2.75, 3.05) is 27.3 Å². The minimum absolute atomic E-state index is 0.381. The molecule has 1 saturated heterocycles. The van der Waals surface area contributed by atoms with Crippen LogP contribution in [-0.4, -0.2) is 46.7 Å². The molecule has 0 N–H and O–H groups in total. The molecule has 3 heterocycles. The van der Waals surface area contributed by atoms with Crippen molar-refractivity contribution in [3.63, 3.8) is 0 Å². The monoisotopic (exact) mass is 260 g/mol. The first kappa shape index (κ1) is 12.6. The van der Waals surface area contributed by atoms with Crippen LogP contribution in [0.4, 0.5) is 0 Å². The van der Waals surface area contributed by atoms with Crippen LogP contribution in [0.15, 0.2) is 18.3 Å². The first-order chi connectivity index (χ1) is 9.31. The normalized spacial score (nSPS) is 20.4. The highest BCUT2D eigenvalue weighted by molar-refractivity contribution is 5.71. The molecule has 1 aliphatic heterocycles. The molecule has 1 atom stereocenters. The third kappa shape index (κ3) is 2.24. The summed E-state index contributed by atoms with van der Waals surface area (Å²) in [5, 5.41) is 0. The van der Waals surface area contributed by atoms with Crippen LogP contribution in [0.3, 0.4) is 0 Å². The van der Waals surface area contributed by atoms with Gasteiger partial charge >= 0.3 is 0 Å². The zero-order valence-electron chi connectivity index (χ0n) is 11.5. The average molecular weight is 260 g/mol. The van der Waals surface area contributed by atoms with Gasteiger partial charge in [-0.05, 0) is 38.6 Å². The second-order valence-electron chi connectivity index (χ2n) is 5.09. The van der Waals surface area contributed by atoms with Crippen molar-refractivity contribution in [3.8, 4) is 0 Å². The Balaban J connectivity index is 2.07. The van der Waals surface area contributed by atoms with Crippen LogP contribution in [0.1, 0.15) is 24.8 Å². The van der Waals surface area contributed by atoms with Crippen LogP contribution in [0.25, 0.3) is 11.2 Å². The largest absolute Gasteiger partial charge is 0.384 e. The fourth-order valence-electron chi connectivity index (χ4n) is 2.88.